The van der Waals surface area contributed by atoms with Gasteiger partial charge >= 0.3 is 0 Å². The Balaban J connectivity index is 2.42. The Kier molecular flexibility index (Phi) is 5.83. The average molecular weight is 262 g/mol. The van der Waals surface area contributed by atoms with Crippen molar-refractivity contribution in [2.24, 2.45) is 5.92 Å². The molecule has 0 aromatic heterocycles. The minimum absolute atomic E-state index is 0.343. The van der Waals surface area contributed by atoms with E-state index in [9.17, 15) is 4.79 Å². The smallest absolute Gasteiger partial charge is 0.284 e. The first-order valence-corrected chi connectivity index (χ1v) is 6.11. The standard InChI is InChI=1S/C14H18N2O3/c1-10(2)9-18-16-14(17)11(3)19-13-6-4-12(8-15)5-7-13/h4-7,10-11H,9H2,1-3H3,(H,16,17). The van der Waals surface area contributed by atoms with E-state index in [1.165, 1.54) is 0 Å². The number of nitrogens with one attached hydrogen (secondary N) is 1. The maximum absolute atomic E-state index is 11.6. The van der Waals surface area contributed by atoms with Gasteiger partial charge in [0.05, 0.1) is 18.2 Å². The largest absolute Gasteiger partial charge is 0.481 e. The lowest BCUT2D eigenvalue weighted by Crippen LogP contribution is -2.37. The van der Waals surface area contributed by atoms with Crippen LogP contribution in [0.5, 0.6) is 5.75 Å². The summed E-state index contributed by atoms with van der Waals surface area (Å²) < 4.78 is 5.43. The van der Waals surface area contributed by atoms with E-state index < -0.39 is 6.10 Å². The van der Waals surface area contributed by atoms with Crippen LogP contribution in [0.15, 0.2) is 24.3 Å². The molecular weight excluding hydrogens is 244 g/mol. The SMILES string of the molecule is CC(C)CONC(=O)C(C)Oc1ccc(C#N)cc1. The van der Waals surface area contributed by atoms with Crippen LogP contribution in [-0.4, -0.2) is 18.6 Å². The number of benzene rings is 1. The minimum atomic E-state index is -0.667. The molecule has 1 aromatic carbocycles. The highest BCUT2D eigenvalue weighted by Crippen LogP contribution is 2.13. The predicted molar refractivity (Wildman–Crippen MR) is 70.2 cm³/mol. The summed E-state index contributed by atoms with van der Waals surface area (Å²) >= 11 is 0. The van der Waals surface area contributed by atoms with Gasteiger partial charge in [-0.25, -0.2) is 5.48 Å². The number of carbonyl (C=O) groups is 1. The fraction of sp³-hybridized carbons (Fsp3) is 0.429. The molecule has 5 heteroatoms. The summed E-state index contributed by atoms with van der Waals surface area (Å²) in [6, 6.07) is 8.58. The van der Waals surface area contributed by atoms with Gasteiger partial charge in [-0.1, -0.05) is 13.8 Å². The van der Waals surface area contributed by atoms with Gasteiger partial charge in [-0.05, 0) is 37.1 Å². The Labute approximate surface area is 113 Å². The highest BCUT2D eigenvalue weighted by atomic mass is 16.7. The second-order valence-electron chi connectivity index (χ2n) is 4.57. The van der Waals surface area contributed by atoms with Crippen molar-refractivity contribution < 1.29 is 14.4 Å². The third-order valence-electron chi connectivity index (χ3n) is 2.25. The molecule has 0 aliphatic heterocycles. The molecule has 0 fully saturated rings. The number of hydroxylamine groups is 1. The molecule has 1 atom stereocenters. The third-order valence-corrected chi connectivity index (χ3v) is 2.25. The lowest BCUT2D eigenvalue weighted by atomic mass is 10.2. The van der Waals surface area contributed by atoms with Crippen LogP contribution in [0.2, 0.25) is 0 Å². The molecule has 1 unspecified atom stereocenters. The second-order valence-corrected chi connectivity index (χ2v) is 4.57. The van der Waals surface area contributed by atoms with E-state index in [4.69, 9.17) is 14.8 Å². The van der Waals surface area contributed by atoms with Gasteiger partial charge in [0.1, 0.15) is 5.75 Å². The van der Waals surface area contributed by atoms with Crippen molar-refractivity contribution in [2.75, 3.05) is 6.61 Å². The number of carbonyl (C=O) groups excluding carboxylic acids is 1. The molecule has 5 nitrogen and oxygen atoms in total. The Morgan fingerprint density at radius 2 is 1.95 bits per heavy atom. The summed E-state index contributed by atoms with van der Waals surface area (Å²) in [4.78, 5) is 16.7. The Hall–Kier alpha value is -2.06. The van der Waals surface area contributed by atoms with Crippen molar-refractivity contribution in [3.63, 3.8) is 0 Å². The van der Waals surface area contributed by atoms with Gasteiger partial charge in [-0.2, -0.15) is 5.26 Å². The molecule has 0 heterocycles. The molecule has 1 rings (SSSR count). The van der Waals surface area contributed by atoms with Gasteiger partial charge in [0.15, 0.2) is 6.10 Å². The van der Waals surface area contributed by atoms with Crippen LogP contribution in [0.25, 0.3) is 0 Å². The quantitative estimate of drug-likeness (QED) is 0.796. The molecule has 1 N–H and O–H groups in total. The van der Waals surface area contributed by atoms with Crippen molar-refractivity contribution in [2.45, 2.75) is 26.9 Å². The number of amides is 1. The average Bonchev–Trinajstić information content (AvgIpc) is 2.39. The Bertz CT molecular complexity index is 449. The van der Waals surface area contributed by atoms with Gasteiger partial charge in [-0.15, -0.1) is 0 Å². The van der Waals surface area contributed by atoms with Gasteiger partial charge in [0.2, 0.25) is 0 Å². The van der Waals surface area contributed by atoms with E-state index in [-0.39, 0.29) is 5.91 Å². The van der Waals surface area contributed by atoms with Crippen LogP contribution >= 0.6 is 0 Å². The van der Waals surface area contributed by atoms with E-state index in [0.717, 1.165) is 0 Å². The molecule has 0 aliphatic rings. The molecule has 0 radical (unpaired) electrons. The van der Waals surface area contributed by atoms with Gasteiger partial charge in [0.25, 0.3) is 5.91 Å². The zero-order valence-corrected chi connectivity index (χ0v) is 11.3. The van der Waals surface area contributed by atoms with Crippen molar-refractivity contribution in [1.82, 2.24) is 5.48 Å². The first-order valence-electron chi connectivity index (χ1n) is 6.11. The highest BCUT2D eigenvalue weighted by Gasteiger charge is 2.14. The third kappa shape index (κ3) is 5.40. The molecule has 1 aromatic rings. The molecule has 0 aliphatic carbocycles. The summed E-state index contributed by atoms with van der Waals surface area (Å²) in [5.74, 6) is 0.533. The minimum Gasteiger partial charge on any atom is -0.481 e. The van der Waals surface area contributed by atoms with Crippen LogP contribution in [0.4, 0.5) is 0 Å². The zero-order chi connectivity index (χ0) is 14.3. The fourth-order valence-electron chi connectivity index (χ4n) is 1.23. The van der Waals surface area contributed by atoms with Gasteiger partial charge in [-0.3, -0.25) is 9.63 Å². The molecular formula is C14H18N2O3. The normalized spacial score (nSPS) is 11.7. The van der Waals surface area contributed by atoms with Crippen molar-refractivity contribution in [3.8, 4) is 11.8 Å². The van der Waals surface area contributed by atoms with E-state index in [0.29, 0.717) is 23.8 Å². The number of hydrogen-bond donors (Lipinski definition) is 1. The van der Waals surface area contributed by atoms with Gasteiger partial charge in [0, 0.05) is 0 Å². The predicted octanol–water partition coefficient (Wildman–Crippen LogP) is 2.03. The summed E-state index contributed by atoms with van der Waals surface area (Å²) in [5, 5.41) is 8.67. The van der Waals surface area contributed by atoms with Crippen LogP contribution in [0, 0.1) is 17.2 Å². The van der Waals surface area contributed by atoms with Crippen molar-refractivity contribution >= 4 is 5.91 Å². The molecule has 0 bridgehead atoms. The fourth-order valence-corrected chi connectivity index (χ4v) is 1.23. The van der Waals surface area contributed by atoms with Crippen LogP contribution in [-0.2, 0) is 9.63 Å². The van der Waals surface area contributed by atoms with Crippen molar-refractivity contribution in [1.29, 1.82) is 5.26 Å². The van der Waals surface area contributed by atoms with Crippen molar-refractivity contribution in [3.05, 3.63) is 29.8 Å². The molecule has 102 valence electrons. The van der Waals surface area contributed by atoms with E-state index in [2.05, 4.69) is 5.48 Å². The second kappa shape index (κ2) is 7.39. The van der Waals surface area contributed by atoms with Crippen LogP contribution in [0.3, 0.4) is 0 Å². The summed E-state index contributed by atoms with van der Waals surface area (Å²) in [7, 11) is 0. The maximum Gasteiger partial charge on any atom is 0.284 e. The monoisotopic (exact) mass is 262 g/mol. The Morgan fingerprint density at radius 1 is 1.32 bits per heavy atom. The molecule has 0 saturated carbocycles. The highest BCUT2D eigenvalue weighted by molar-refractivity contribution is 5.79. The number of hydrogen-bond acceptors (Lipinski definition) is 4. The lowest BCUT2D eigenvalue weighted by molar-refractivity contribution is -0.140. The van der Waals surface area contributed by atoms with Crippen LogP contribution < -0.4 is 10.2 Å². The summed E-state index contributed by atoms with van der Waals surface area (Å²) in [5.41, 5.74) is 2.89. The zero-order valence-electron chi connectivity index (χ0n) is 11.3. The topological polar surface area (TPSA) is 71.3 Å². The number of nitriles is 1. The first kappa shape index (κ1) is 15.0. The van der Waals surface area contributed by atoms with E-state index >= 15 is 0 Å². The summed E-state index contributed by atoms with van der Waals surface area (Å²) in [6.45, 7) is 6.06. The van der Waals surface area contributed by atoms with Gasteiger partial charge < -0.3 is 4.74 Å². The number of ether oxygens (including phenoxy) is 1. The maximum atomic E-state index is 11.6. The van der Waals surface area contributed by atoms with E-state index in [1.54, 1.807) is 31.2 Å². The van der Waals surface area contributed by atoms with E-state index in [1.807, 2.05) is 19.9 Å². The molecule has 19 heavy (non-hydrogen) atoms. The van der Waals surface area contributed by atoms with Crippen LogP contribution in [0.1, 0.15) is 26.3 Å². The summed E-state index contributed by atoms with van der Waals surface area (Å²) in [6.07, 6.45) is -0.667. The number of rotatable bonds is 6. The molecule has 0 saturated heterocycles. The molecule has 0 spiro atoms. The first-order chi connectivity index (χ1) is 9.02. The Morgan fingerprint density at radius 3 is 2.47 bits per heavy atom. The molecule has 1 amide bonds. The lowest BCUT2D eigenvalue weighted by Gasteiger charge is -2.15. The number of nitrogens with zero attached hydrogens (tertiary/aromatic N) is 1.